The van der Waals surface area contributed by atoms with Crippen molar-refractivity contribution in [3.05, 3.63) is 66.1 Å². The van der Waals surface area contributed by atoms with E-state index in [-0.39, 0.29) is 18.4 Å². The summed E-state index contributed by atoms with van der Waals surface area (Å²) in [4.78, 5) is 17.0. The van der Waals surface area contributed by atoms with Crippen molar-refractivity contribution in [2.24, 2.45) is 0 Å². The number of benzene rings is 2. The molecule has 0 aliphatic carbocycles. The molecule has 0 bridgehead atoms. The highest BCUT2D eigenvalue weighted by molar-refractivity contribution is 5.94. The first-order chi connectivity index (χ1) is 13.7. The van der Waals surface area contributed by atoms with E-state index in [1.165, 1.54) is 0 Å². The molecule has 1 atom stereocenters. The molecule has 0 saturated heterocycles. The number of rotatable bonds is 5. The highest BCUT2D eigenvalue weighted by Crippen LogP contribution is 2.40. The number of amides is 1. The van der Waals surface area contributed by atoms with E-state index in [0.29, 0.717) is 23.7 Å². The Labute approximate surface area is 163 Å². The lowest BCUT2D eigenvalue weighted by atomic mass is 9.89. The number of fused-ring (bicyclic) bond motifs is 1. The van der Waals surface area contributed by atoms with Crippen LogP contribution < -0.4 is 14.8 Å². The Morgan fingerprint density at radius 3 is 2.82 bits per heavy atom. The molecule has 2 aromatic carbocycles. The summed E-state index contributed by atoms with van der Waals surface area (Å²) in [6, 6.07) is 15.4. The Morgan fingerprint density at radius 2 is 2.07 bits per heavy atom. The lowest BCUT2D eigenvalue weighted by Gasteiger charge is -2.24. The molecule has 0 fully saturated rings. The van der Waals surface area contributed by atoms with Gasteiger partial charge in [0.1, 0.15) is 18.8 Å². The van der Waals surface area contributed by atoms with E-state index in [9.17, 15) is 4.79 Å². The second kappa shape index (κ2) is 7.49. The molecule has 1 aliphatic rings. The van der Waals surface area contributed by atoms with Gasteiger partial charge in [0, 0.05) is 18.0 Å². The molecule has 0 radical (unpaired) electrons. The Kier molecular flexibility index (Phi) is 4.73. The van der Waals surface area contributed by atoms with Crippen molar-refractivity contribution in [3.63, 3.8) is 0 Å². The molecule has 6 heteroatoms. The number of imidazole rings is 1. The SMILES string of the molecule is C#CCOc1cc([C@@H]2CC(=O)Nc3c2ncn3-c2ccccc2)ccc1OC. The average Bonchev–Trinajstić information content (AvgIpc) is 3.15. The molecule has 4 rings (SSSR count). The molecular weight excluding hydrogens is 354 g/mol. The minimum Gasteiger partial charge on any atom is -0.493 e. The fourth-order valence-electron chi connectivity index (χ4n) is 3.41. The molecule has 6 nitrogen and oxygen atoms in total. The molecule has 1 aliphatic heterocycles. The van der Waals surface area contributed by atoms with Crippen molar-refractivity contribution >= 4 is 11.7 Å². The number of aromatic nitrogens is 2. The summed E-state index contributed by atoms with van der Waals surface area (Å²) >= 11 is 0. The number of hydrogen-bond acceptors (Lipinski definition) is 4. The minimum absolute atomic E-state index is 0.0582. The van der Waals surface area contributed by atoms with E-state index < -0.39 is 0 Å². The molecule has 0 spiro atoms. The van der Waals surface area contributed by atoms with Crippen molar-refractivity contribution in [1.29, 1.82) is 0 Å². The number of ether oxygens (including phenoxy) is 2. The van der Waals surface area contributed by atoms with Crippen LogP contribution in [-0.2, 0) is 4.79 Å². The molecule has 1 aromatic heterocycles. The molecule has 1 amide bonds. The zero-order chi connectivity index (χ0) is 19.5. The topological polar surface area (TPSA) is 65.4 Å². The van der Waals surface area contributed by atoms with E-state index in [1.54, 1.807) is 13.4 Å². The third-order valence-electron chi connectivity index (χ3n) is 4.71. The minimum atomic E-state index is -0.187. The van der Waals surface area contributed by atoms with Gasteiger partial charge in [-0.05, 0) is 29.8 Å². The van der Waals surface area contributed by atoms with E-state index in [2.05, 4.69) is 16.2 Å². The molecular formula is C22H19N3O3. The largest absolute Gasteiger partial charge is 0.493 e. The predicted octanol–water partition coefficient (Wildman–Crippen LogP) is 3.37. The molecule has 2 heterocycles. The van der Waals surface area contributed by atoms with Gasteiger partial charge < -0.3 is 14.8 Å². The molecule has 140 valence electrons. The Hall–Kier alpha value is -3.72. The molecule has 0 saturated carbocycles. The highest BCUT2D eigenvalue weighted by atomic mass is 16.5. The quantitative estimate of drug-likeness (QED) is 0.697. The monoisotopic (exact) mass is 373 g/mol. The number of terminal acetylenes is 1. The van der Waals surface area contributed by atoms with Crippen molar-refractivity contribution in [2.45, 2.75) is 12.3 Å². The fourth-order valence-corrected chi connectivity index (χ4v) is 3.41. The summed E-state index contributed by atoms with van der Waals surface area (Å²) < 4.78 is 12.8. The van der Waals surface area contributed by atoms with E-state index in [0.717, 1.165) is 16.9 Å². The number of hydrogen-bond donors (Lipinski definition) is 1. The van der Waals surface area contributed by atoms with Crippen LogP contribution in [0.2, 0.25) is 0 Å². The first-order valence-corrected chi connectivity index (χ1v) is 8.88. The van der Waals surface area contributed by atoms with Crippen molar-refractivity contribution < 1.29 is 14.3 Å². The summed E-state index contributed by atoms with van der Waals surface area (Å²) in [5.74, 6) is 4.04. The first kappa shape index (κ1) is 17.7. The van der Waals surface area contributed by atoms with Crippen molar-refractivity contribution in [1.82, 2.24) is 9.55 Å². The van der Waals surface area contributed by atoms with Gasteiger partial charge in [0.25, 0.3) is 0 Å². The van der Waals surface area contributed by atoms with Crippen LogP contribution in [0.25, 0.3) is 5.69 Å². The van der Waals surface area contributed by atoms with Gasteiger partial charge in [0.05, 0.1) is 12.8 Å². The van der Waals surface area contributed by atoms with Crippen LogP contribution in [0, 0.1) is 12.3 Å². The lowest BCUT2D eigenvalue weighted by molar-refractivity contribution is -0.116. The van der Waals surface area contributed by atoms with E-state index >= 15 is 0 Å². The third kappa shape index (κ3) is 3.19. The normalized spacial score (nSPS) is 15.3. The number of nitrogens with one attached hydrogen (secondary N) is 1. The Bertz CT molecular complexity index is 1050. The van der Waals surface area contributed by atoms with Gasteiger partial charge >= 0.3 is 0 Å². The zero-order valence-electron chi connectivity index (χ0n) is 15.4. The van der Waals surface area contributed by atoms with Crippen LogP contribution in [-0.4, -0.2) is 29.2 Å². The number of carbonyl (C=O) groups excluding carboxylic acids is 1. The van der Waals surface area contributed by atoms with Crippen LogP contribution >= 0.6 is 0 Å². The van der Waals surface area contributed by atoms with E-state index in [1.807, 2.05) is 53.1 Å². The van der Waals surface area contributed by atoms with Crippen LogP contribution in [0.15, 0.2) is 54.9 Å². The number of nitrogens with zero attached hydrogens (tertiary/aromatic N) is 2. The number of anilines is 1. The second-order valence-electron chi connectivity index (χ2n) is 6.39. The van der Waals surface area contributed by atoms with Crippen LogP contribution in [0.5, 0.6) is 11.5 Å². The van der Waals surface area contributed by atoms with E-state index in [4.69, 9.17) is 15.9 Å². The maximum atomic E-state index is 12.4. The van der Waals surface area contributed by atoms with Gasteiger partial charge in [0.15, 0.2) is 11.5 Å². The lowest BCUT2D eigenvalue weighted by Crippen LogP contribution is -2.25. The Morgan fingerprint density at radius 1 is 1.25 bits per heavy atom. The molecule has 28 heavy (non-hydrogen) atoms. The second-order valence-corrected chi connectivity index (χ2v) is 6.39. The number of para-hydroxylation sites is 1. The van der Waals surface area contributed by atoms with Gasteiger partial charge in [-0.3, -0.25) is 9.36 Å². The first-order valence-electron chi connectivity index (χ1n) is 8.88. The Balaban J connectivity index is 1.76. The molecule has 1 N–H and O–H groups in total. The molecule has 0 unspecified atom stereocenters. The van der Waals surface area contributed by atoms with Crippen molar-refractivity contribution in [3.8, 4) is 29.5 Å². The summed E-state index contributed by atoms with van der Waals surface area (Å²) in [6.07, 6.45) is 7.35. The van der Waals surface area contributed by atoms with Crippen LogP contribution in [0.1, 0.15) is 23.6 Å². The third-order valence-corrected chi connectivity index (χ3v) is 4.71. The highest BCUT2D eigenvalue weighted by Gasteiger charge is 2.31. The zero-order valence-corrected chi connectivity index (χ0v) is 15.4. The summed E-state index contributed by atoms with van der Waals surface area (Å²) in [5.41, 5.74) is 2.67. The predicted molar refractivity (Wildman–Crippen MR) is 106 cm³/mol. The maximum absolute atomic E-state index is 12.4. The summed E-state index contributed by atoms with van der Waals surface area (Å²) in [5, 5.41) is 2.96. The van der Waals surface area contributed by atoms with Crippen LogP contribution in [0.4, 0.5) is 5.82 Å². The van der Waals surface area contributed by atoms with Gasteiger partial charge in [0.2, 0.25) is 5.91 Å². The smallest absolute Gasteiger partial charge is 0.226 e. The summed E-state index contributed by atoms with van der Waals surface area (Å²) in [6.45, 7) is 0.138. The average molecular weight is 373 g/mol. The number of carbonyl (C=O) groups is 1. The van der Waals surface area contributed by atoms with Gasteiger partial charge in [-0.15, -0.1) is 6.42 Å². The van der Waals surface area contributed by atoms with Crippen molar-refractivity contribution in [2.75, 3.05) is 19.0 Å². The maximum Gasteiger partial charge on any atom is 0.226 e. The number of methoxy groups -OCH3 is 1. The fraction of sp³-hybridized carbons (Fsp3) is 0.182. The van der Waals surface area contributed by atoms with Gasteiger partial charge in [-0.25, -0.2) is 4.98 Å². The summed E-state index contributed by atoms with van der Waals surface area (Å²) in [7, 11) is 1.57. The van der Waals surface area contributed by atoms with Gasteiger partial charge in [-0.1, -0.05) is 30.2 Å². The van der Waals surface area contributed by atoms with Crippen LogP contribution in [0.3, 0.4) is 0 Å². The standard InChI is InChI=1S/C22H19N3O3/c1-3-11-28-19-12-15(9-10-18(19)27-2)17-13-20(26)24-22-21(17)23-14-25(22)16-7-5-4-6-8-16/h1,4-10,12,14,17H,11,13H2,2H3,(H,24,26)/t17-/m0/s1. The van der Waals surface area contributed by atoms with Gasteiger partial charge in [-0.2, -0.15) is 0 Å². The molecule has 3 aromatic rings.